The van der Waals surface area contributed by atoms with Crippen LogP contribution < -0.4 is 10.2 Å². The van der Waals surface area contributed by atoms with Crippen molar-refractivity contribution in [2.45, 2.75) is 38.5 Å². The van der Waals surface area contributed by atoms with Crippen molar-refractivity contribution >= 4 is 29.5 Å². The van der Waals surface area contributed by atoms with Gasteiger partial charge >= 0.3 is 6.09 Å². The summed E-state index contributed by atoms with van der Waals surface area (Å²) in [5.41, 5.74) is 0.0719. The Balaban J connectivity index is 1.60. The average molecular weight is 481 g/mol. The van der Waals surface area contributed by atoms with Gasteiger partial charge in [0.05, 0.1) is 6.10 Å². The molecular formula is C20H19ClF2N6O4. The van der Waals surface area contributed by atoms with Crippen molar-refractivity contribution in [3.05, 3.63) is 46.9 Å². The number of aromatic nitrogens is 4. The number of hydrogen-bond donors (Lipinski definition) is 2. The standard InChI is InChI=1S/C20H19ClF2N6O4/c1-9(18-27-17(28-33-18)11-3-5-12(21)6-4-11)24-19-25-13(16(22)23)7-15(26-19)29-14(10(2)30)8-32-20(29)31/h3-7,9-10,14,16,30H,8H2,1-2H3,(H,24,25,26)/t9-,10+,14?/m0/s1. The smallest absolute Gasteiger partial charge is 0.416 e. The third-order valence-electron chi connectivity index (χ3n) is 4.93. The van der Waals surface area contributed by atoms with Gasteiger partial charge in [-0.3, -0.25) is 4.90 Å². The zero-order chi connectivity index (χ0) is 23.7. The van der Waals surface area contributed by atoms with E-state index in [-0.39, 0.29) is 24.3 Å². The first-order chi connectivity index (χ1) is 15.7. The van der Waals surface area contributed by atoms with E-state index in [1.807, 2.05) is 0 Å². The average Bonchev–Trinajstić information content (AvgIpc) is 3.41. The van der Waals surface area contributed by atoms with Crippen molar-refractivity contribution in [1.82, 2.24) is 20.1 Å². The topological polar surface area (TPSA) is 127 Å². The van der Waals surface area contributed by atoms with Crippen LogP contribution in [0, 0.1) is 0 Å². The third kappa shape index (κ3) is 4.86. The van der Waals surface area contributed by atoms with Crippen LogP contribution in [0.5, 0.6) is 0 Å². The molecule has 10 nitrogen and oxygen atoms in total. The molecule has 1 amide bonds. The zero-order valence-electron chi connectivity index (χ0n) is 17.4. The van der Waals surface area contributed by atoms with E-state index in [9.17, 15) is 18.7 Å². The molecular weight excluding hydrogens is 462 g/mol. The fraction of sp³-hybridized carbons (Fsp3) is 0.350. The molecule has 0 radical (unpaired) electrons. The van der Waals surface area contributed by atoms with Crippen LogP contribution in [0.4, 0.5) is 25.3 Å². The quantitative estimate of drug-likeness (QED) is 0.515. The van der Waals surface area contributed by atoms with Crippen LogP contribution in [0.15, 0.2) is 34.9 Å². The van der Waals surface area contributed by atoms with E-state index in [1.54, 1.807) is 31.2 Å². The van der Waals surface area contributed by atoms with E-state index >= 15 is 0 Å². The number of halogens is 3. The molecule has 3 heterocycles. The molecule has 33 heavy (non-hydrogen) atoms. The first-order valence-electron chi connectivity index (χ1n) is 9.90. The van der Waals surface area contributed by atoms with E-state index in [1.165, 1.54) is 6.92 Å². The molecule has 13 heteroatoms. The Labute approximate surface area is 191 Å². The number of amides is 1. The molecule has 174 valence electrons. The maximum absolute atomic E-state index is 13.5. The Hall–Kier alpha value is -3.38. The molecule has 3 atom stereocenters. The second-order valence-corrected chi connectivity index (χ2v) is 7.80. The van der Waals surface area contributed by atoms with Crippen LogP contribution in [0.3, 0.4) is 0 Å². The van der Waals surface area contributed by atoms with E-state index in [4.69, 9.17) is 20.9 Å². The molecule has 1 aliphatic heterocycles. The molecule has 0 spiro atoms. The molecule has 0 bridgehead atoms. The second kappa shape index (κ2) is 9.24. The summed E-state index contributed by atoms with van der Waals surface area (Å²) in [5.74, 6) is 0.161. The lowest BCUT2D eigenvalue weighted by molar-refractivity contribution is 0.142. The lowest BCUT2D eigenvalue weighted by atomic mass is 10.2. The fourth-order valence-corrected chi connectivity index (χ4v) is 3.32. The second-order valence-electron chi connectivity index (χ2n) is 7.36. The van der Waals surface area contributed by atoms with Crippen molar-refractivity contribution in [3.63, 3.8) is 0 Å². The Kier molecular flexibility index (Phi) is 6.38. The largest absolute Gasteiger partial charge is 0.447 e. The fourth-order valence-electron chi connectivity index (χ4n) is 3.19. The van der Waals surface area contributed by atoms with Crippen LogP contribution in [-0.4, -0.2) is 50.1 Å². The van der Waals surface area contributed by atoms with Crippen molar-refractivity contribution < 1.29 is 27.9 Å². The zero-order valence-corrected chi connectivity index (χ0v) is 18.2. The van der Waals surface area contributed by atoms with Gasteiger partial charge in [-0.25, -0.2) is 18.6 Å². The van der Waals surface area contributed by atoms with E-state index in [0.29, 0.717) is 16.4 Å². The number of nitrogens with one attached hydrogen (secondary N) is 1. The first-order valence-corrected chi connectivity index (χ1v) is 10.3. The Morgan fingerprint density at radius 2 is 1.94 bits per heavy atom. The highest BCUT2D eigenvalue weighted by molar-refractivity contribution is 6.30. The van der Waals surface area contributed by atoms with Crippen LogP contribution in [0.25, 0.3) is 11.4 Å². The van der Waals surface area contributed by atoms with Gasteiger partial charge in [-0.15, -0.1) is 0 Å². The van der Waals surface area contributed by atoms with Crippen molar-refractivity contribution in [1.29, 1.82) is 0 Å². The van der Waals surface area contributed by atoms with Crippen molar-refractivity contribution in [2.75, 3.05) is 16.8 Å². The number of rotatable bonds is 7. The van der Waals surface area contributed by atoms with Gasteiger partial charge < -0.3 is 19.7 Å². The summed E-state index contributed by atoms with van der Waals surface area (Å²) in [4.78, 5) is 25.5. The molecule has 0 saturated carbocycles. The summed E-state index contributed by atoms with van der Waals surface area (Å²) < 4.78 is 37.2. The van der Waals surface area contributed by atoms with Crippen molar-refractivity contribution in [2.24, 2.45) is 0 Å². The Morgan fingerprint density at radius 3 is 2.61 bits per heavy atom. The van der Waals surface area contributed by atoms with Gasteiger partial charge in [-0.05, 0) is 38.1 Å². The van der Waals surface area contributed by atoms with E-state index < -0.39 is 36.4 Å². The Morgan fingerprint density at radius 1 is 1.21 bits per heavy atom. The number of hydrogen-bond acceptors (Lipinski definition) is 9. The molecule has 1 fully saturated rings. The Bertz CT molecular complexity index is 1140. The molecule has 2 N–H and O–H groups in total. The van der Waals surface area contributed by atoms with Gasteiger partial charge in [0, 0.05) is 16.7 Å². The molecule has 1 aliphatic rings. The van der Waals surface area contributed by atoms with Gasteiger partial charge in [0.1, 0.15) is 30.2 Å². The number of benzene rings is 1. The minimum Gasteiger partial charge on any atom is -0.447 e. The monoisotopic (exact) mass is 480 g/mol. The summed E-state index contributed by atoms with van der Waals surface area (Å²) >= 11 is 5.89. The van der Waals surface area contributed by atoms with Crippen LogP contribution in [0.1, 0.15) is 37.9 Å². The van der Waals surface area contributed by atoms with Crippen molar-refractivity contribution in [3.8, 4) is 11.4 Å². The predicted molar refractivity (Wildman–Crippen MR) is 113 cm³/mol. The molecule has 2 aromatic heterocycles. The maximum atomic E-state index is 13.5. The number of carbonyl (C=O) groups is 1. The summed E-state index contributed by atoms with van der Waals surface area (Å²) in [6, 6.07) is 6.37. The highest BCUT2D eigenvalue weighted by Gasteiger charge is 2.39. The summed E-state index contributed by atoms with van der Waals surface area (Å²) in [6.07, 6.45) is -4.70. The van der Waals surface area contributed by atoms with Gasteiger partial charge in [0.2, 0.25) is 17.7 Å². The SMILES string of the molecule is C[C@H](Nc1nc(C(F)F)cc(N2C(=O)OCC2[C@@H](C)O)n1)c1nc(-c2ccc(Cl)cc2)no1. The highest BCUT2D eigenvalue weighted by Crippen LogP contribution is 2.29. The number of alkyl halides is 2. The number of aliphatic hydroxyl groups excluding tert-OH is 1. The minimum absolute atomic E-state index is 0.0981. The van der Waals surface area contributed by atoms with Crippen LogP contribution >= 0.6 is 11.6 Å². The summed E-state index contributed by atoms with van der Waals surface area (Å²) in [5, 5.41) is 17.3. The third-order valence-corrected chi connectivity index (χ3v) is 5.18. The van der Waals surface area contributed by atoms with Gasteiger partial charge in [-0.2, -0.15) is 9.97 Å². The molecule has 1 saturated heterocycles. The number of aliphatic hydroxyl groups is 1. The first kappa shape index (κ1) is 22.8. The number of anilines is 2. The van der Waals surface area contributed by atoms with E-state index in [0.717, 1.165) is 11.0 Å². The summed E-state index contributed by atoms with van der Waals surface area (Å²) in [6.45, 7) is 3.02. The summed E-state index contributed by atoms with van der Waals surface area (Å²) in [7, 11) is 0. The van der Waals surface area contributed by atoms with Gasteiger partial charge in [0.15, 0.2) is 0 Å². The number of cyclic esters (lactones) is 1. The molecule has 1 unspecified atom stereocenters. The number of ether oxygens (including phenoxy) is 1. The lowest BCUT2D eigenvalue weighted by Gasteiger charge is -2.23. The molecule has 3 aromatic rings. The normalized spacial score (nSPS) is 17.8. The minimum atomic E-state index is -2.92. The van der Waals surface area contributed by atoms with E-state index in [2.05, 4.69) is 25.4 Å². The maximum Gasteiger partial charge on any atom is 0.416 e. The van der Waals surface area contributed by atoms with Gasteiger partial charge in [-0.1, -0.05) is 16.8 Å². The van der Waals surface area contributed by atoms with Crippen LogP contribution in [-0.2, 0) is 4.74 Å². The molecule has 4 rings (SSSR count). The van der Waals surface area contributed by atoms with Gasteiger partial charge in [0.25, 0.3) is 6.43 Å². The molecule has 1 aromatic carbocycles. The number of nitrogens with zero attached hydrogens (tertiary/aromatic N) is 5. The number of carbonyl (C=O) groups excluding carboxylic acids is 1. The highest BCUT2D eigenvalue weighted by atomic mass is 35.5. The predicted octanol–water partition coefficient (Wildman–Crippen LogP) is 4.00. The lowest BCUT2D eigenvalue weighted by Crippen LogP contribution is -2.41. The molecule has 0 aliphatic carbocycles. The van der Waals surface area contributed by atoms with Crippen LogP contribution in [0.2, 0.25) is 5.02 Å².